The lowest BCUT2D eigenvalue weighted by Crippen LogP contribution is -2.49. The van der Waals surface area contributed by atoms with Gasteiger partial charge in [-0.2, -0.15) is 0 Å². The van der Waals surface area contributed by atoms with Gasteiger partial charge in [-0.05, 0) is 181 Å². The van der Waals surface area contributed by atoms with Crippen LogP contribution in [0.1, 0.15) is 169 Å². The van der Waals surface area contributed by atoms with E-state index in [0.717, 1.165) is 71.3 Å². The summed E-state index contributed by atoms with van der Waals surface area (Å²) in [5, 5.41) is 14.2. The van der Waals surface area contributed by atoms with E-state index in [4.69, 9.17) is 35.2 Å². The van der Waals surface area contributed by atoms with Crippen LogP contribution in [0.15, 0.2) is 218 Å². The number of likely N-dealkylation sites (N-methyl/N-ethyl adjacent to an activating group) is 2. The van der Waals surface area contributed by atoms with Gasteiger partial charge < -0.3 is 71.5 Å². The van der Waals surface area contributed by atoms with E-state index in [1.807, 2.05) is 256 Å². The first-order chi connectivity index (χ1) is 52.3. The molecule has 9 N–H and O–H groups in total. The number of aryl methyl sites for hydroxylation is 1. The van der Waals surface area contributed by atoms with Crippen molar-refractivity contribution in [2.24, 2.45) is 5.73 Å². The molecule has 4 aliphatic carbocycles. The van der Waals surface area contributed by atoms with Crippen LogP contribution in [0.4, 0.5) is 41.0 Å². The molecule has 0 saturated heterocycles. The van der Waals surface area contributed by atoms with E-state index in [9.17, 15) is 33.6 Å². The van der Waals surface area contributed by atoms with Crippen molar-refractivity contribution in [1.29, 1.82) is 0 Å². The van der Waals surface area contributed by atoms with Gasteiger partial charge in [-0.1, -0.05) is 189 Å². The lowest BCUT2D eigenvalue weighted by molar-refractivity contribution is -0.120. The smallest absolute Gasteiger partial charge is 0.408 e. The van der Waals surface area contributed by atoms with Crippen molar-refractivity contribution in [3.8, 4) is 0 Å². The molecule has 8 aromatic rings. The number of carbonyl (C=O) groups excluding carboxylic acids is 7. The molecule has 111 heavy (non-hydrogen) atoms. The number of benzene rings is 8. The van der Waals surface area contributed by atoms with Crippen LogP contribution in [0.3, 0.4) is 0 Å². The lowest BCUT2D eigenvalue weighted by atomic mass is 10.0. The van der Waals surface area contributed by atoms with Crippen LogP contribution in [0.5, 0.6) is 0 Å². The summed E-state index contributed by atoms with van der Waals surface area (Å²) in [6, 6.07) is 69.1. The summed E-state index contributed by atoms with van der Waals surface area (Å²) < 4.78 is 26.6. The molecule has 0 heterocycles. The van der Waals surface area contributed by atoms with E-state index in [1.165, 1.54) is 27.2 Å². The van der Waals surface area contributed by atoms with Crippen LogP contribution >= 0.6 is 12.4 Å². The molecule has 4 aliphatic rings. The Labute approximate surface area is 660 Å². The SMILES string of the molecule is CC(C)(C)OC(=O)NC1CC1c1ccc(N)cc1.CCc1ccc(C2CC2NC(=O)OC(C)(C)C)cc1.CN(C(=O)C(Cc1ccccc1)NC(=O)OCc1ccccc1)c1ccc(C2CC2N)cc1.CN(C(=O)C(Cc1ccccc1)NC(=O)OCc1ccccc1)c1ccc(C2CC2NC(=O)OC(C)(C)C)cc1.Cl. The highest BCUT2D eigenvalue weighted by Crippen LogP contribution is 2.44. The number of rotatable bonds is 22. The molecule has 0 radical (unpaired) electrons. The third-order valence-electron chi connectivity index (χ3n) is 18.7. The second-order valence-corrected chi connectivity index (χ2v) is 31.4. The second-order valence-electron chi connectivity index (χ2n) is 31.4. The molecule has 0 aliphatic heterocycles. The van der Waals surface area contributed by atoms with E-state index in [1.54, 1.807) is 19.0 Å². The monoisotopic (exact) mass is 1530 g/mol. The topological polar surface area (TPSA) is 284 Å². The molecule has 10 unspecified atom stereocenters. The number of alkyl carbamates (subject to hydrolysis) is 5. The quantitative estimate of drug-likeness (QED) is 0.0245. The minimum absolute atomic E-state index is 0. The second kappa shape index (κ2) is 39.6. The Morgan fingerprint density at radius 3 is 0.955 bits per heavy atom. The summed E-state index contributed by atoms with van der Waals surface area (Å²) in [6.45, 7) is 19.1. The molecule has 7 amide bonds. The van der Waals surface area contributed by atoms with Crippen molar-refractivity contribution in [1.82, 2.24) is 26.6 Å². The summed E-state index contributed by atoms with van der Waals surface area (Å²) >= 11 is 0. The highest BCUT2D eigenvalue weighted by molar-refractivity contribution is 5.99. The number of nitrogens with two attached hydrogens (primary N) is 2. The number of halogens is 1. The Balaban J connectivity index is 0.000000195. The average molecular weight is 1530 g/mol. The van der Waals surface area contributed by atoms with Gasteiger partial charge in [-0.15, -0.1) is 12.4 Å². The van der Waals surface area contributed by atoms with Gasteiger partial charge in [0.25, 0.3) is 0 Å². The zero-order chi connectivity index (χ0) is 79.3. The number of nitrogen functional groups attached to an aromatic ring is 1. The molecule has 21 nitrogen and oxygen atoms in total. The zero-order valence-corrected chi connectivity index (χ0v) is 66.6. The highest BCUT2D eigenvalue weighted by Gasteiger charge is 2.43. The third-order valence-corrected chi connectivity index (χ3v) is 18.7. The number of anilines is 3. The summed E-state index contributed by atoms with van der Waals surface area (Å²) in [5.74, 6) is 0.966. The Morgan fingerprint density at radius 2 is 0.667 bits per heavy atom. The predicted molar refractivity (Wildman–Crippen MR) is 438 cm³/mol. The van der Waals surface area contributed by atoms with Gasteiger partial charge in [0.05, 0.1) is 0 Å². The molecule has 0 spiro atoms. The molecule has 0 aromatic heterocycles. The summed E-state index contributed by atoms with van der Waals surface area (Å²) in [5.41, 5.74) is 22.1. The van der Waals surface area contributed by atoms with Crippen LogP contribution in [-0.2, 0) is 65.7 Å². The Morgan fingerprint density at radius 1 is 0.387 bits per heavy atom. The van der Waals surface area contributed by atoms with Crippen LogP contribution in [-0.4, -0.2) is 109 Å². The fraction of sp³-hybridized carbons (Fsp3) is 0.382. The molecule has 22 heteroatoms. The number of amides is 7. The van der Waals surface area contributed by atoms with Crippen molar-refractivity contribution < 1.29 is 57.2 Å². The first kappa shape index (κ1) is 85.7. The van der Waals surface area contributed by atoms with E-state index in [-0.39, 0.29) is 79.7 Å². The van der Waals surface area contributed by atoms with Gasteiger partial charge in [0.15, 0.2) is 0 Å². The average Bonchev–Trinajstić information content (AvgIpc) is 1.68. The van der Waals surface area contributed by atoms with Crippen molar-refractivity contribution in [2.45, 2.75) is 204 Å². The first-order valence-electron chi connectivity index (χ1n) is 37.8. The number of hydrogen-bond acceptors (Lipinski definition) is 14. The summed E-state index contributed by atoms with van der Waals surface area (Å²) in [4.78, 5) is 90.5. The molecular weight excluding hydrogens is 1420 g/mol. The summed E-state index contributed by atoms with van der Waals surface area (Å²) in [6.07, 6.45) is 3.19. The Kier molecular flexibility index (Phi) is 30.6. The van der Waals surface area contributed by atoms with Crippen LogP contribution in [0.25, 0.3) is 0 Å². The van der Waals surface area contributed by atoms with Crippen molar-refractivity contribution in [3.05, 3.63) is 268 Å². The Hall–Kier alpha value is -10.9. The van der Waals surface area contributed by atoms with Gasteiger partial charge in [0.2, 0.25) is 11.8 Å². The summed E-state index contributed by atoms with van der Waals surface area (Å²) in [7, 11) is 3.41. The van der Waals surface area contributed by atoms with Gasteiger partial charge in [-0.3, -0.25) is 9.59 Å². The van der Waals surface area contributed by atoms with Crippen molar-refractivity contribution >= 4 is 71.7 Å². The highest BCUT2D eigenvalue weighted by atomic mass is 35.5. The standard InChI is InChI=1S/C32H37N3O5.C27H29N3O3.C16H23NO2.C14H20N2O2.ClH/c1-32(2,3)40-31(38)33-27-20-26(27)24-15-17-25(18-16-24)35(4)29(36)28(19-22-11-7-5-8-12-22)34-30(37)39-21-23-13-9-6-10-14-23;1-30(22-14-12-21(13-15-22)23-17-24(23)28)26(31)25(16-19-8-4-2-5-9-19)29-27(32)33-18-20-10-6-3-7-11-20;1-5-11-6-8-12(9-7-11)13-10-14(13)17-15(18)19-16(2,3)4;1-14(2,3)18-13(17)16-12-8-11(12)9-4-6-10(15)7-5-9;/h5-18,26-28H,19-21H2,1-4H3,(H,33,38)(H,34,37);2-15,23-25H,16-18,28H2,1H3,(H,29,32);6-9,13-14H,5,10H2,1-4H3,(H,17,18);4-7,11-12H,8,15H2,1-3H3,(H,16,17);1H. The minimum Gasteiger partial charge on any atom is -0.445 e. The molecular formula is C89H110ClN9O12. The predicted octanol–water partition coefficient (Wildman–Crippen LogP) is 16.3. The fourth-order valence-corrected chi connectivity index (χ4v) is 12.4. The van der Waals surface area contributed by atoms with Crippen LogP contribution in [0.2, 0.25) is 0 Å². The number of hydrogen-bond donors (Lipinski definition) is 7. The van der Waals surface area contributed by atoms with Gasteiger partial charge in [-0.25, -0.2) is 24.0 Å². The molecule has 0 bridgehead atoms. The van der Waals surface area contributed by atoms with Gasteiger partial charge >= 0.3 is 30.5 Å². The molecule has 4 fully saturated rings. The molecule has 4 saturated carbocycles. The van der Waals surface area contributed by atoms with Crippen LogP contribution < -0.4 is 47.9 Å². The lowest BCUT2D eigenvalue weighted by Gasteiger charge is -2.25. The molecule has 10 atom stereocenters. The molecule has 590 valence electrons. The van der Waals surface area contributed by atoms with E-state index in [0.29, 0.717) is 36.3 Å². The number of ether oxygens (including phenoxy) is 5. The minimum atomic E-state index is -0.818. The number of carbonyl (C=O) groups is 7. The Bertz CT molecular complexity index is 4300. The van der Waals surface area contributed by atoms with Crippen LogP contribution in [0, 0.1) is 0 Å². The fourth-order valence-electron chi connectivity index (χ4n) is 12.4. The largest absolute Gasteiger partial charge is 0.445 e. The number of nitrogens with zero attached hydrogens (tertiary/aromatic N) is 2. The zero-order valence-electron chi connectivity index (χ0n) is 65.8. The molecule has 8 aromatic carbocycles. The third kappa shape index (κ3) is 28.8. The van der Waals surface area contributed by atoms with Crippen molar-refractivity contribution in [3.63, 3.8) is 0 Å². The van der Waals surface area contributed by atoms with E-state index in [2.05, 4.69) is 57.8 Å². The maximum atomic E-state index is 13.6. The van der Waals surface area contributed by atoms with E-state index < -0.39 is 47.2 Å². The molecule has 12 rings (SSSR count). The maximum Gasteiger partial charge on any atom is 0.408 e. The number of nitrogens with one attached hydrogen (secondary N) is 5. The first-order valence-corrected chi connectivity index (χ1v) is 37.8. The van der Waals surface area contributed by atoms with Gasteiger partial charge in [0, 0.05) is 91.8 Å². The van der Waals surface area contributed by atoms with E-state index >= 15 is 0 Å². The normalized spacial score (nSPS) is 18.7. The maximum absolute atomic E-state index is 13.6. The van der Waals surface area contributed by atoms with Crippen molar-refractivity contribution in [2.75, 3.05) is 29.6 Å². The van der Waals surface area contributed by atoms with Gasteiger partial charge in [0.1, 0.15) is 42.1 Å².